The second-order valence-corrected chi connectivity index (χ2v) is 10.8. The minimum atomic E-state index is -4.20. The normalized spacial score (nSPS) is 21.5. The molecule has 2 aliphatic carbocycles. The van der Waals surface area contributed by atoms with Crippen LogP contribution in [0.5, 0.6) is 0 Å². The third-order valence-electron chi connectivity index (χ3n) is 7.26. The van der Waals surface area contributed by atoms with Gasteiger partial charge in [-0.25, -0.2) is 9.97 Å². The maximum Gasteiger partial charge on any atom is 0.393 e. The second kappa shape index (κ2) is 7.30. The Hall–Kier alpha value is -2.41. The zero-order chi connectivity index (χ0) is 21.9. The predicted octanol–water partition coefficient (Wildman–Crippen LogP) is 6.21. The molecule has 0 amide bonds. The Labute approximate surface area is 189 Å². The lowest BCUT2D eigenvalue weighted by Crippen LogP contribution is -2.55. The lowest BCUT2D eigenvalue weighted by atomic mass is 9.77. The Morgan fingerprint density at radius 3 is 2.88 bits per heavy atom. The number of benzene rings is 1. The first kappa shape index (κ1) is 20.2. The van der Waals surface area contributed by atoms with Crippen LogP contribution >= 0.6 is 11.3 Å². The third-order valence-corrected chi connectivity index (χ3v) is 8.30. The number of rotatable bonds is 4. The number of halogens is 3. The van der Waals surface area contributed by atoms with E-state index in [0.717, 1.165) is 48.5 Å². The number of aromatic nitrogens is 2. The van der Waals surface area contributed by atoms with Crippen LogP contribution in [-0.2, 0) is 19.3 Å². The van der Waals surface area contributed by atoms with Gasteiger partial charge in [0.25, 0.3) is 0 Å². The largest absolute Gasteiger partial charge is 0.393 e. The van der Waals surface area contributed by atoms with Gasteiger partial charge in [0.05, 0.1) is 11.8 Å². The summed E-state index contributed by atoms with van der Waals surface area (Å²) in [6.07, 6.45) is 6.68. The highest BCUT2D eigenvalue weighted by Gasteiger charge is 2.48. The summed E-state index contributed by atoms with van der Waals surface area (Å²) in [6, 6.07) is 8.53. The van der Waals surface area contributed by atoms with Crippen molar-refractivity contribution in [2.24, 2.45) is 11.3 Å². The number of alkyl halides is 3. The Bertz CT molecular complexity index is 1210. The van der Waals surface area contributed by atoms with Gasteiger partial charge in [0, 0.05) is 23.4 Å². The summed E-state index contributed by atoms with van der Waals surface area (Å²) < 4.78 is 38.5. The van der Waals surface area contributed by atoms with Crippen LogP contribution in [0.1, 0.15) is 40.8 Å². The molecule has 7 heteroatoms. The van der Waals surface area contributed by atoms with Crippen LogP contribution in [-0.4, -0.2) is 29.2 Å². The lowest BCUT2D eigenvalue weighted by Gasteiger charge is -2.49. The summed E-state index contributed by atoms with van der Waals surface area (Å²) in [4.78, 5) is 11.8. The molecule has 3 nitrogen and oxygen atoms in total. The van der Waals surface area contributed by atoms with Gasteiger partial charge in [-0.1, -0.05) is 30.4 Å². The lowest BCUT2D eigenvalue weighted by molar-refractivity contribution is -0.126. The Morgan fingerprint density at radius 1 is 1.16 bits per heavy atom. The topological polar surface area (TPSA) is 29.0 Å². The SMILES string of the molecule is FC(F)(F)Cc1cc2c(N3CC4(CCC(Cc5ccc6c(c5)CC=C6)C4)C3)ncnc2s1. The Balaban J connectivity index is 1.13. The van der Waals surface area contributed by atoms with Crippen LogP contribution in [0.4, 0.5) is 19.0 Å². The third kappa shape index (κ3) is 3.70. The maximum atomic E-state index is 12.8. The molecular formula is C25H24F3N3S. The van der Waals surface area contributed by atoms with Gasteiger partial charge in [-0.05, 0) is 60.8 Å². The molecule has 1 saturated carbocycles. The number of nitrogens with zero attached hydrogens (tertiary/aromatic N) is 3. The quantitative estimate of drug-likeness (QED) is 0.468. The van der Waals surface area contributed by atoms with Crippen molar-refractivity contribution in [2.75, 3.05) is 18.0 Å². The molecule has 2 aromatic heterocycles. The van der Waals surface area contributed by atoms with E-state index in [1.807, 2.05) is 0 Å². The summed E-state index contributed by atoms with van der Waals surface area (Å²) in [6.45, 7) is 1.88. The monoisotopic (exact) mass is 455 g/mol. The second-order valence-electron chi connectivity index (χ2n) is 9.73. The molecule has 1 aliphatic heterocycles. The molecule has 6 rings (SSSR count). The summed E-state index contributed by atoms with van der Waals surface area (Å²) in [5.74, 6) is 1.49. The predicted molar refractivity (Wildman–Crippen MR) is 122 cm³/mol. The van der Waals surface area contributed by atoms with E-state index in [0.29, 0.717) is 21.0 Å². The van der Waals surface area contributed by atoms with Crippen molar-refractivity contribution in [3.63, 3.8) is 0 Å². The summed E-state index contributed by atoms with van der Waals surface area (Å²) in [5.41, 5.74) is 4.57. The van der Waals surface area contributed by atoms with E-state index < -0.39 is 12.6 Å². The molecule has 0 N–H and O–H groups in total. The fourth-order valence-corrected chi connectivity index (χ4v) is 6.92. The molecule has 166 valence electrons. The first-order valence-corrected chi connectivity index (χ1v) is 12.0. The molecule has 0 radical (unpaired) electrons. The van der Waals surface area contributed by atoms with Gasteiger partial charge in [-0.3, -0.25) is 0 Å². The molecule has 2 fully saturated rings. The molecule has 1 aromatic carbocycles. The number of hydrogen-bond acceptors (Lipinski definition) is 4. The summed E-state index contributed by atoms with van der Waals surface area (Å²) in [7, 11) is 0. The summed E-state index contributed by atoms with van der Waals surface area (Å²) in [5, 5.41) is 0.757. The van der Waals surface area contributed by atoms with Gasteiger partial charge >= 0.3 is 6.18 Å². The highest BCUT2D eigenvalue weighted by atomic mass is 32.1. The van der Waals surface area contributed by atoms with Crippen molar-refractivity contribution >= 4 is 33.4 Å². The average molecular weight is 456 g/mol. The van der Waals surface area contributed by atoms with Crippen molar-refractivity contribution in [3.8, 4) is 0 Å². The molecular weight excluding hydrogens is 431 g/mol. The van der Waals surface area contributed by atoms with Gasteiger partial charge in [-0.2, -0.15) is 13.2 Å². The molecule has 3 heterocycles. The zero-order valence-electron chi connectivity index (χ0n) is 17.7. The standard InChI is InChI=1S/C25H24F3N3S/c26-25(27,28)12-20-10-21-22(29-15-30-23(21)32-20)31-13-24(14-31)7-6-17(11-24)8-16-4-5-18-2-1-3-19(18)9-16/h1-2,4-5,9-10,15,17H,3,6-8,11-14H2. The first-order chi connectivity index (χ1) is 15.4. The van der Waals surface area contributed by atoms with E-state index >= 15 is 0 Å². The van der Waals surface area contributed by atoms with Crippen molar-refractivity contribution in [2.45, 2.75) is 44.7 Å². The Kier molecular flexibility index (Phi) is 4.61. The first-order valence-electron chi connectivity index (χ1n) is 11.2. The van der Waals surface area contributed by atoms with Crippen molar-refractivity contribution in [1.29, 1.82) is 0 Å². The van der Waals surface area contributed by atoms with Gasteiger partial charge in [0.1, 0.15) is 17.0 Å². The van der Waals surface area contributed by atoms with Crippen LogP contribution in [0.15, 0.2) is 36.7 Å². The van der Waals surface area contributed by atoms with Gasteiger partial charge in [-0.15, -0.1) is 11.3 Å². The van der Waals surface area contributed by atoms with Crippen LogP contribution < -0.4 is 4.90 Å². The van der Waals surface area contributed by atoms with Crippen molar-refractivity contribution in [3.05, 3.63) is 58.2 Å². The highest BCUT2D eigenvalue weighted by Crippen LogP contribution is 2.51. The molecule has 1 spiro atoms. The number of fused-ring (bicyclic) bond motifs is 2. The minimum Gasteiger partial charge on any atom is -0.355 e. The van der Waals surface area contributed by atoms with E-state index in [4.69, 9.17) is 0 Å². The fraction of sp³-hybridized carbons (Fsp3) is 0.440. The van der Waals surface area contributed by atoms with E-state index in [-0.39, 0.29) is 0 Å². The van der Waals surface area contributed by atoms with E-state index in [9.17, 15) is 13.2 Å². The van der Waals surface area contributed by atoms with Gasteiger partial charge < -0.3 is 4.90 Å². The number of hydrogen-bond donors (Lipinski definition) is 0. The molecule has 3 aliphatic rings. The molecule has 3 aromatic rings. The molecule has 0 bridgehead atoms. The zero-order valence-corrected chi connectivity index (χ0v) is 18.5. The van der Waals surface area contributed by atoms with Crippen molar-refractivity contribution in [1.82, 2.24) is 9.97 Å². The van der Waals surface area contributed by atoms with E-state index in [1.165, 1.54) is 42.3 Å². The summed E-state index contributed by atoms with van der Waals surface area (Å²) >= 11 is 1.12. The number of allylic oxidation sites excluding steroid dienone is 1. The van der Waals surface area contributed by atoms with Gasteiger partial charge in [0.15, 0.2) is 0 Å². The van der Waals surface area contributed by atoms with Crippen LogP contribution in [0.3, 0.4) is 0 Å². The minimum absolute atomic E-state index is 0.301. The van der Waals surface area contributed by atoms with E-state index in [2.05, 4.69) is 45.2 Å². The highest BCUT2D eigenvalue weighted by molar-refractivity contribution is 7.18. The molecule has 32 heavy (non-hydrogen) atoms. The Morgan fingerprint density at radius 2 is 2.03 bits per heavy atom. The average Bonchev–Trinajstić information content (AvgIpc) is 3.42. The van der Waals surface area contributed by atoms with E-state index in [1.54, 1.807) is 6.07 Å². The van der Waals surface area contributed by atoms with Crippen LogP contribution in [0.25, 0.3) is 16.3 Å². The number of thiophene rings is 1. The van der Waals surface area contributed by atoms with Crippen LogP contribution in [0, 0.1) is 11.3 Å². The van der Waals surface area contributed by atoms with Crippen molar-refractivity contribution < 1.29 is 13.2 Å². The molecule has 1 unspecified atom stereocenters. The van der Waals surface area contributed by atoms with Gasteiger partial charge in [0.2, 0.25) is 0 Å². The maximum absolute atomic E-state index is 12.8. The smallest absolute Gasteiger partial charge is 0.355 e. The number of anilines is 1. The fourth-order valence-electron chi connectivity index (χ4n) is 5.90. The molecule has 1 saturated heterocycles. The molecule has 1 atom stereocenters. The van der Waals surface area contributed by atoms with Crippen LogP contribution in [0.2, 0.25) is 0 Å².